The average molecular weight is 368 g/mol. The molecule has 1 amide bonds. The van der Waals surface area contributed by atoms with Crippen LogP contribution >= 0.6 is 11.3 Å². The van der Waals surface area contributed by atoms with Gasteiger partial charge < -0.3 is 10.2 Å². The average Bonchev–Trinajstić information content (AvgIpc) is 3.01. The highest BCUT2D eigenvalue weighted by Gasteiger charge is 2.15. The van der Waals surface area contributed by atoms with Crippen LogP contribution in [0.5, 0.6) is 0 Å². The summed E-state index contributed by atoms with van der Waals surface area (Å²) in [6, 6.07) is 8.39. The van der Waals surface area contributed by atoms with Crippen molar-refractivity contribution in [2.45, 2.75) is 34.6 Å². The van der Waals surface area contributed by atoms with Crippen molar-refractivity contribution in [1.29, 1.82) is 0 Å². The van der Waals surface area contributed by atoms with Crippen LogP contribution in [0, 0.1) is 34.6 Å². The van der Waals surface area contributed by atoms with Gasteiger partial charge in [-0.3, -0.25) is 4.79 Å². The highest BCUT2D eigenvalue weighted by molar-refractivity contribution is 7.22. The number of benzene rings is 2. The molecule has 0 aliphatic rings. The first-order valence-electron chi connectivity index (χ1n) is 8.72. The Hall–Kier alpha value is -2.40. The van der Waals surface area contributed by atoms with Gasteiger partial charge in [-0.25, -0.2) is 4.98 Å². The quantitative estimate of drug-likeness (QED) is 0.712. The molecule has 0 bridgehead atoms. The van der Waals surface area contributed by atoms with Crippen molar-refractivity contribution in [2.75, 3.05) is 23.8 Å². The summed E-state index contributed by atoms with van der Waals surface area (Å²) in [4.78, 5) is 19.2. The Morgan fingerprint density at radius 2 is 1.65 bits per heavy atom. The predicted octanol–water partition coefficient (Wildman–Crippen LogP) is 4.91. The number of nitrogens with one attached hydrogen (secondary N) is 1. The number of likely N-dealkylation sites (N-methyl/N-ethyl adjacent to an activating group) is 1. The third-order valence-electron chi connectivity index (χ3n) is 4.58. The molecular weight excluding hydrogens is 342 g/mol. The number of hydrogen-bond acceptors (Lipinski definition) is 4. The molecule has 0 radical (unpaired) electrons. The van der Waals surface area contributed by atoms with Crippen molar-refractivity contribution in [2.24, 2.45) is 0 Å². The molecule has 1 N–H and O–H groups in total. The minimum absolute atomic E-state index is 0.0322. The summed E-state index contributed by atoms with van der Waals surface area (Å²) in [5, 5.41) is 3.92. The number of aryl methyl sites for hydroxylation is 5. The number of anilines is 2. The van der Waals surface area contributed by atoms with E-state index >= 15 is 0 Å². The molecular formula is C21H25N3OS. The topological polar surface area (TPSA) is 45.2 Å². The molecule has 26 heavy (non-hydrogen) atoms. The molecule has 1 heterocycles. The molecule has 0 saturated carbocycles. The van der Waals surface area contributed by atoms with E-state index in [9.17, 15) is 4.79 Å². The fourth-order valence-electron chi connectivity index (χ4n) is 3.25. The van der Waals surface area contributed by atoms with Crippen LogP contribution < -0.4 is 10.2 Å². The number of hydrogen-bond donors (Lipinski definition) is 1. The first-order valence-corrected chi connectivity index (χ1v) is 9.53. The molecule has 3 aromatic rings. The van der Waals surface area contributed by atoms with E-state index in [0.29, 0.717) is 0 Å². The monoisotopic (exact) mass is 367 g/mol. The van der Waals surface area contributed by atoms with Crippen LogP contribution in [-0.4, -0.2) is 24.5 Å². The Balaban J connectivity index is 1.78. The van der Waals surface area contributed by atoms with Gasteiger partial charge in [0.1, 0.15) is 0 Å². The SMILES string of the molecule is Cc1cc(C)c(NC(=O)CN(C)c2nc3c(C)ccc(C)c3s2)c(C)c1. The lowest BCUT2D eigenvalue weighted by molar-refractivity contribution is -0.114. The smallest absolute Gasteiger partial charge is 0.243 e. The van der Waals surface area contributed by atoms with Gasteiger partial charge in [0.15, 0.2) is 5.13 Å². The highest BCUT2D eigenvalue weighted by Crippen LogP contribution is 2.32. The lowest BCUT2D eigenvalue weighted by atomic mass is 10.1. The zero-order valence-electron chi connectivity index (χ0n) is 16.2. The molecule has 5 heteroatoms. The van der Waals surface area contributed by atoms with Gasteiger partial charge in [0, 0.05) is 12.7 Å². The molecule has 3 rings (SSSR count). The van der Waals surface area contributed by atoms with Gasteiger partial charge in [-0.2, -0.15) is 0 Å². The van der Waals surface area contributed by atoms with Gasteiger partial charge in [0.25, 0.3) is 0 Å². The Morgan fingerprint density at radius 3 is 2.27 bits per heavy atom. The zero-order valence-corrected chi connectivity index (χ0v) is 17.0. The summed E-state index contributed by atoms with van der Waals surface area (Å²) in [5.74, 6) is -0.0322. The summed E-state index contributed by atoms with van der Waals surface area (Å²) in [6.07, 6.45) is 0. The second-order valence-corrected chi connectivity index (χ2v) is 8.03. The number of fused-ring (bicyclic) bond motifs is 1. The van der Waals surface area contributed by atoms with Gasteiger partial charge in [-0.1, -0.05) is 41.2 Å². The Kier molecular flexibility index (Phi) is 5.01. The number of carbonyl (C=O) groups excluding carboxylic acids is 1. The Bertz CT molecular complexity index is 928. The molecule has 0 unspecified atom stereocenters. The predicted molar refractivity (Wildman–Crippen MR) is 112 cm³/mol. The maximum absolute atomic E-state index is 12.6. The van der Waals surface area contributed by atoms with Crippen LogP contribution in [0.15, 0.2) is 24.3 Å². The second-order valence-electron chi connectivity index (χ2n) is 7.05. The summed E-state index contributed by atoms with van der Waals surface area (Å²) in [6.45, 7) is 10.6. The summed E-state index contributed by atoms with van der Waals surface area (Å²) in [5.41, 5.74) is 7.70. The van der Waals surface area contributed by atoms with Crippen molar-refractivity contribution >= 4 is 38.3 Å². The molecule has 2 aromatic carbocycles. The molecule has 136 valence electrons. The molecule has 0 aliphatic heterocycles. The highest BCUT2D eigenvalue weighted by atomic mass is 32.1. The van der Waals surface area contributed by atoms with Gasteiger partial charge in [-0.15, -0.1) is 0 Å². The van der Waals surface area contributed by atoms with Crippen molar-refractivity contribution in [1.82, 2.24) is 4.98 Å². The standard InChI is InChI=1S/C21H25N3OS/c1-12-9-15(4)18(16(5)10-12)22-17(25)11-24(6)21-23-19-13(2)7-8-14(3)20(19)26-21/h7-10H,11H2,1-6H3,(H,22,25). The van der Waals surface area contributed by atoms with E-state index in [1.165, 1.54) is 15.8 Å². The van der Waals surface area contributed by atoms with Crippen molar-refractivity contribution in [3.63, 3.8) is 0 Å². The first kappa shape index (κ1) is 18.4. The number of amides is 1. The fourth-order valence-corrected chi connectivity index (χ4v) is 4.32. The van der Waals surface area contributed by atoms with Gasteiger partial charge in [-0.05, 0) is 56.9 Å². The lowest BCUT2D eigenvalue weighted by Gasteiger charge is -2.17. The van der Waals surface area contributed by atoms with E-state index in [4.69, 9.17) is 4.98 Å². The number of aromatic nitrogens is 1. The molecule has 0 fully saturated rings. The second kappa shape index (κ2) is 7.08. The fraction of sp³-hybridized carbons (Fsp3) is 0.333. The van der Waals surface area contributed by atoms with E-state index in [0.717, 1.165) is 33.0 Å². The lowest BCUT2D eigenvalue weighted by Crippen LogP contribution is -2.30. The van der Waals surface area contributed by atoms with Crippen molar-refractivity contribution in [3.8, 4) is 0 Å². The van der Waals surface area contributed by atoms with E-state index in [1.54, 1.807) is 11.3 Å². The van der Waals surface area contributed by atoms with E-state index in [-0.39, 0.29) is 12.5 Å². The molecule has 0 saturated heterocycles. The molecule has 4 nitrogen and oxygen atoms in total. The third kappa shape index (κ3) is 3.58. The van der Waals surface area contributed by atoms with Gasteiger partial charge >= 0.3 is 0 Å². The van der Waals surface area contributed by atoms with Crippen LogP contribution in [0.25, 0.3) is 10.2 Å². The Morgan fingerprint density at radius 1 is 1.04 bits per heavy atom. The van der Waals surface area contributed by atoms with Crippen LogP contribution in [0.4, 0.5) is 10.8 Å². The zero-order chi connectivity index (χ0) is 19.0. The first-order chi connectivity index (χ1) is 12.3. The third-order valence-corrected chi connectivity index (χ3v) is 5.88. The summed E-state index contributed by atoms with van der Waals surface area (Å²) in [7, 11) is 1.91. The van der Waals surface area contributed by atoms with E-state index < -0.39 is 0 Å². The Labute approximate surface area is 158 Å². The van der Waals surface area contributed by atoms with Gasteiger partial charge in [0.05, 0.1) is 16.8 Å². The maximum Gasteiger partial charge on any atom is 0.243 e. The van der Waals surface area contributed by atoms with E-state index in [1.807, 2.05) is 25.8 Å². The maximum atomic E-state index is 12.6. The minimum Gasteiger partial charge on any atom is -0.342 e. The van der Waals surface area contributed by atoms with Crippen LogP contribution in [-0.2, 0) is 4.79 Å². The molecule has 0 atom stereocenters. The molecule has 0 aliphatic carbocycles. The van der Waals surface area contributed by atoms with Crippen LogP contribution in [0.3, 0.4) is 0 Å². The van der Waals surface area contributed by atoms with Crippen molar-refractivity contribution in [3.05, 3.63) is 52.1 Å². The van der Waals surface area contributed by atoms with Crippen LogP contribution in [0.2, 0.25) is 0 Å². The van der Waals surface area contributed by atoms with Gasteiger partial charge in [0.2, 0.25) is 5.91 Å². The normalized spacial score (nSPS) is 11.0. The number of carbonyl (C=O) groups is 1. The number of nitrogens with zero attached hydrogens (tertiary/aromatic N) is 2. The van der Waals surface area contributed by atoms with Crippen LogP contribution in [0.1, 0.15) is 27.8 Å². The summed E-state index contributed by atoms with van der Waals surface area (Å²) < 4.78 is 1.19. The molecule has 1 aromatic heterocycles. The summed E-state index contributed by atoms with van der Waals surface area (Å²) >= 11 is 1.64. The van der Waals surface area contributed by atoms with Crippen molar-refractivity contribution < 1.29 is 4.79 Å². The number of thiazole rings is 1. The largest absolute Gasteiger partial charge is 0.342 e. The number of rotatable bonds is 4. The van der Waals surface area contributed by atoms with E-state index in [2.05, 4.69) is 50.4 Å². The minimum atomic E-state index is -0.0322. The molecule has 0 spiro atoms.